The summed E-state index contributed by atoms with van der Waals surface area (Å²) in [6.45, 7) is 1.31. The number of alkyl halides is 3. The van der Waals surface area contributed by atoms with Gasteiger partial charge in [-0.1, -0.05) is 24.0 Å². The van der Waals surface area contributed by atoms with Gasteiger partial charge in [-0.2, -0.15) is 26.9 Å². The summed E-state index contributed by atoms with van der Waals surface area (Å²) in [4.78, 5) is 24.1. The average Bonchev–Trinajstić information content (AvgIpc) is 3.49. The van der Waals surface area contributed by atoms with E-state index >= 15 is 0 Å². The lowest BCUT2D eigenvalue weighted by atomic mass is 10.1. The zero-order valence-corrected chi connectivity index (χ0v) is 25.0. The van der Waals surface area contributed by atoms with Gasteiger partial charge < -0.3 is 19.9 Å². The number of amides is 1. The van der Waals surface area contributed by atoms with Gasteiger partial charge >= 0.3 is 6.18 Å². The van der Waals surface area contributed by atoms with Crippen molar-refractivity contribution in [2.45, 2.75) is 50.4 Å². The maximum absolute atomic E-state index is 13.9. The summed E-state index contributed by atoms with van der Waals surface area (Å²) in [5, 5.41) is 11.8. The number of nitrogens with one attached hydrogen (secondary N) is 1. The average molecular weight is 635 g/mol. The number of carbonyl (C=O) groups is 1. The molecule has 0 bridgehead atoms. The lowest BCUT2D eigenvalue weighted by molar-refractivity contribution is -0.144. The summed E-state index contributed by atoms with van der Waals surface area (Å²) >= 11 is 0. The standard InChI is InChI=1S/C29H33F3N6O5S/c1-44(40,41)43-18-3-2-17-42-23-11-15-37(16-12-23)25-19-26(36-28(35-25)29(30,31)32)38-14-4-5-24(38)27(39)34-13-10-21-6-8-22(20-33)9-7-21/h6-9,19,23-24H,4-5,10-18H2,1H3,(H,34,39). The predicted octanol–water partition coefficient (Wildman–Crippen LogP) is 2.66. The normalized spacial score (nSPS) is 17.6. The number of anilines is 2. The van der Waals surface area contributed by atoms with E-state index in [1.807, 2.05) is 12.1 Å². The Balaban J connectivity index is 1.37. The molecule has 44 heavy (non-hydrogen) atoms. The minimum absolute atomic E-state index is 0.0528. The third-order valence-electron chi connectivity index (χ3n) is 7.23. The second kappa shape index (κ2) is 14.7. The third kappa shape index (κ3) is 9.54. The Kier molecular flexibility index (Phi) is 11.0. The molecule has 236 valence electrons. The van der Waals surface area contributed by atoms with Crippen LogP contribution in [0.1, 0.15) is 42.6 Å². The minimum Gasteiger partial charge on any atom is -0.365 e. The molecule has 11 nitrogen and oxygen atoms in total. The molecule has 2 saturated heterocycles. The summed E-state index contributed by atoms with van der Waals surface area (Å²) in [7, 11) is -3.57. The first-order chi connectivity index (χ1) is 20.9. The van der Waals surface area contributed by atoms with Gasteiger partial charge in [0.25, 0.3) is 10.1 Å². The van der Waals surface area contributed by atoms with Crippen molar-refractivity contribution < 1.29 is 35.3 Å². The summed E-state index contributed by atoms with van der Waals surface area (Å²) < 4.78 is 73.7. The molecule has 1 N–H and O–H groups in total. The summed E-state index contributed by atoms with van der Waals surface area (Å²) in [6, 6.07) is 9.93. The van der Waals surface area contributed by atoms with Crippen LogP contribution in [0.2, 0.25) is 0 Å². The molecule has 3 heterocycles. The number of aromatic nitrogens is 2. The highest BCUT2D eigenvalue weighted by Gasteiger charge is 2.39. The number of hydrogen-bond donors (Lipinski definition) is 1. The van der Waals surface area contributed by atoms with E-state index in [1.54, 1.807) is 21.9 Å². The van der Waals surface area contributed by atoms with Gasteiger partial charge in [-0.15, -0.1) is 0 Å². The Morgan fingerprint density at radius 3 is 2.41 bits per heavy atom. The Hall–Kier alpha value is -3.92. The van der Waals surface area contributed by atoms with Crippen LogP contribution < -0.4 is 15.1 Å². The van der Waals surface area contributed by atoms with Crippen molar-refractivity contribution >= 4 is 27.7 Å². The Labute approximate surface area is 254 Å². The number of ether oxygens (including phenoxy) is 1. The monoisotopic (exact) mass is 634 g/mol. The highest BCUT2D eigenvalue weighted by molar-refractivity contribution is 7.86. The smallest absolute Gasteiger partial charge is 0.365 e. The molecule has 1 aromatic carbocycles. The number of nitriles is 1. The van der Waals surface area contributed by atoms with E-state index < -0.39 is 28.2 Å². The third-order valence-corrected chi connectivity index (χ3v) is 7.77. The van der Waals surface area contributed by atoms with Crippen LogP contribution >= 0.6 is 0 Å². The molecule has 2 aliphatic rings. The number of piperidine rings is 1. The van der Waals surface area contributed by atoms with E-state index in [-0.39, 0.29) is 36.9 Å². The van der Waals surface area contributed by atoms with Crippen LogP contribution in [0.25, 0.3) is 0 Å². The molecule has 2 fully saturated rings. The van der Waals surface area contributed by atoms with Crippen LogP contribution in [0.5, 0.6) is 0 Å². The van der Waals surface area contributed by atoms with Crippen molar-refractivity contribution in [3.8, 4) is 17.9 Å². The number of hydrogen-bond acceptors (Lipinski definition) is 10. The van der Waals surface area contributed by atoms with Crippen molar-refractivity contribution in [1.29, 1.82) is 5.26 Å². The molecular weight excluding hydrogens is 601 g/mol. The number of benzene rings is 1. The lowest BCUT2D eigenvalue weighted by Crippen LogP contribution is -2.44. The van der Waals surface area contributed by atoms with Crippen LogP contribution in [0.15, 0.2) is 30.3 Å². The molecular formula is C29H33F3N6O5S. The van der Waals surface area contributed by atoms with E-state index in [1.165, 1.54) is 6.07 Å². The molecule has 4 rings (SSSR count). The molecule has 0 spiro atoms. The first kappa shape index (κ1) is 33.0. The number of rotatable bonds is 10. The van der Waals surface area contributed by atoms with Crippen molar-refractivity contribution in [3.05, 3.63) is 47.3 Å². The highest BCUT2D eigenvalue weighted by atomic mass is 32.2. The van der Waals surface area contributed by atoms with Gasteiger partial charge in [-0.3, -0.25) is 8.98 Å². The number of nitrogens with zero attached hydrogens (tertiary/aromatic N) is 5. The predicted molar refractivity (Wildman–Crippen MR) is 155 cm³/mol. The van der Waals surface area contributed by atoms with E-state index in [0.717, 1.165) is 11.8 Å². The van der Waals surface area contributed by atoms with Crippen LogP contribution in [-0.4, -0.2) is 82.1 Å². The quantitative estimate of drug-likeness (QED) is 0.307. The summed E-state index contributed by atoms with van der Waals surface area (Å²) in [5.74, 6) is 3.87. The van der Waals surface area contributed by atoms with E-state index in [9.17, 15) is 26.4 Å². The van der Waals surface area contributed by atoms with Crippen molar-refractivity contribution in [2.24, 2.45) is 0 Å². The molecule has 1 amide bonds. The van der Waals surface area contributed by atoms with E-state index in [2.05, 4.69) is 37.4 Å². The second-order valence-corrected chi connectivity index (χ2v) is 12.1. The van der Waals surface area contributed by atoms with Gasteiger partial charge in [0.2, 0.25) is 11.7 Å². The Morgan fingerprint density at radius 2 is 1.75 bits per heavy atom. The molecule has 1 aromatic heterocycles. The van der Waals surface area contributed by atoms with Crippen LogP contribution in [0, 0.1) is 23.2 Å². The maximum atomic E-state index is 13.9. The van der Waals surface area contributed by atoms with Gasteiger partial charge in [0.1, 0.15) is 30.9 Å². The molecule has 0 aliphatic carbocycles. The number of halogens is 3. The zero-order chi connectivity index (χ0) is 31.7. The zero-order valence-electron chi connectivity index (χ0n) is 24.1. The minimum atomic E-state index is -4.77. The summed E-state index contributed by atoms with van der Waals surface area (Å²) in [6.07, 6.45) is -1.31. The van der Waals surface area contributed by atoms with Crippen LogP contribution in [0.3, 0.4) is 0 Å². The van der Waals surface area contributed by atoms with Crippen molar-refractivity contribution in [3.63, 3.8) is 0 Å². The first-order valence-electron chi connectivity index (χ1n) is 14.1. The van der Waals surface area contributed by atoms with Gasteiger partial charge in [0.05, 0.1) is 24.0 Å². The van der Waals surface area contributed by atoms with Gasteiger partial charge in [-0.25, -0.2) is 9.97 Å². The highest BCUT2D eigenvalue weighted by Crippen LogP contribution is 2.33. The van der Waals surface area contributed by atoms with Crippen LogP contribution in [0.4, 0.5) is 24.8 Å². The molecule has 2 aliphatic heterocycles. The fraction of sp³-hybridized carbons (Fsp3) is 0.517. The van der Waals surface area contributed by atoms with Gasteiger partial charge in [0.15, 0.2) is 0 Å². The van der Waals surface area contributed by atoms with Crippen molar-refractivity contribution in [1.82, 2.24) is 15.3 Å². The largest absolute Gasteiger partial charge is 0.451 e. The van der Waals surface area contributed by atoms with Crippen LogP contribution in [-0.2, 0) is 36.4 Å². The van der Waals surface area contributed by atoms with Gasteiger partial charge in [-0.05, 0) is 49.8 Å². The topological polar surface area (TPSA) is 138 Å². The molecule has 15 heteroatoms. The fourth-order valence-corrected chi connectivity index (χ4v) is 5.29. The number of carbonyl (C=O) groups excluding carboxylic acids is 1. The van der Waals surface area contributed by atoms with Gasteiger partial charge in [0, 0.05) is 32.2 Å². The Morgan fingerprint density at radius 1 is 1.07 bits per heavy atom. The van der Waals surface area contributed by atoms with Crippen molar-refractivity contribution in [2.75, 3.05) is 55.4 Å². The lowest BCUT2D eigenvalue weighted by Gasteiger charge is -2.33. The molecule has 1 atom stereocenters. The Bertz CT molecular complexity index is 1510. The van der Waals surface area contributed by atoms with E-state index in [4.69, 9.17) is 10.00 Å². The molecule has 0 saturated carbocycles. The fourth-order valence-electron chi connectivity index (χ4n) is 5.01. The molecule has 1 unspecified atom stereocenters. The molecule has 0 radical (unpaired) electrons. The maximum Gasteiger partial charge on any atom is 0.451 e. The SMILES string of the molecule is CS(=O)(=O)OCC#CCOC1CCN(c2cc(N3CCCC3C(=O)NCCc3ccc(C#N)cc3)nc(C(F)(F)F)n2)CC1. The second-order valence-electron chi connectivity index (χ2n) is 10.4. The first-order valence-corrected chi connectivity index (χ1v) is 15.9. The van der Waals surface area contributed by atoms with E-state index in [0.29, 0.717) is 63.8 Å². The summed E-state index contributed by atoms with van der Waals surface area (Å²) in [5.41, 5.74) is 1.49. The molecule has 2 aromatic rings.